The maximum atomic E-state index is 11.9. The molecule has 1 aromatic heterocycles. The Hall–Kier alpha value is -1.24. The Labute approximate surface area is 143 Å². The predicted octanol–water partition coefficient (Wildman–Crippen LogP) is 3.09. The van der Waals surface area contributed by atoms with Gasteiger partial charge < -0.3 is 15.8 Å². The number of ether oxygens (including phenoxy) is 1. The molecule has 0 bridgehead atoms. The van der Waals surface area contributed by atoms with Crippen molar-refractivity contribution in [2.24, 2.45) is 0 Å². The maximum absolute atomic E-state index is 11.9. The van der Waals surface area contributed by atoms with Crippen LogP contribution in [-0.4, -0.2) is 29.5 Å². The number of esters is 1. The van der Waals surface area contributed by atoms with Gasteiger partial charge in [-0.1, -0.05) is 48.7 Å². The molecule has 0 saturated carbocycles. The number of nitrogens with two attached hydrogens (primary N) is 1. The van der Waals surface area contributed by atoms with Crippen molar-refractivity contribution >= 4 is 52.4 Å². The first-order valence-electron chi connectivity index (χ1n) is 6.58. The van der Waals surface area contributed by atoms with Crippen molar-refractivity contribution in [3.05, 3.63) is 20.9 Å². The Balaban J connectivity index is 2.73. The molecule has 0 unspecified atom stereocenters. The molecule has 0 atom stereocenters. The Morgan fingerprint density at radius 2 is 1.82 bits per heavy atom. The lowest BCUT2D eigenvalue weighted by atomic mass is 10.2. The summed E-state index contributed by atoms with van der Waals surface area (Å²) in [7, 11) is 0. The number of hydrogen-bond acceptors (Lipinski definition) is 5. The molecule has 1 amide bonds. The van der Waals surface area contributed by atoms with Gasteiger partial charge in [-0.3, -0.25) is 4.79 Å². The van der Waals surface area contributed by atoms with Gasteiger partial charge in [0.1, 0.15) is 5.02 Å². The molecule has 0 saturated heterocycles. The number of hydrogen-bond donors (Lipinski definition) is 2. The van der Waals surface area contributed by atoms with Crippen LogP contribution in [0.25, 0.3) is 0 Å². The minimum Gasteiger partial charge on any atom is -0.451 e. The first-order chi connectivity index (χ1) is 10.3. The van der Waals surface area contributed by atoms with Crippen LogP contribution in [0.3, 0.4) is 0 Å². The van der Waals surface area contributed by atoms with E-state index in [0.717, 1.165) is 12.8 Å². The van der Waals surface area contributed by atoms with E-state index in [2.05, 4.69) is 10.3 Å². The third-order valence-electron chi connectivity index (χ3n) is 2.95. The number of pyridine rings is 1. The lowest BCUT2D eigenvalue weighted by Gasteiger charge is -2.14. The molecule has 0 aliphatic rings. The summed E-state index contributed by atoms with van der Waals surface area (Å²) >= 11 is 17.4. The van der Waals surface area contributed by atoms with E-state index in [9.17, 15) is 9.59 Å². The molecule has 1 rings (SSSR count). The summed E-state index contributed by atoms with van der Waals surface area (Å²) in [5, 5.41) is 2.35. The van der Waals surface area contributed by atoms with Gasteiger partial charge in [-0.05, 0) is 12.8 Å². The third kappa shape index (κ3) is 4.63. The van der Waals surface area contributed by atoms with Crippen LogP contribution in [0.1, 0.15) is 37.2 Å². The number of nitrogens with one attached hydrogen (secondary N) is 1. The summed E-state index contributed by atoms with van der Waals surface area (Å²) in [5.41, 5.74) is 5.24. The molecular weight excluding hydrogens is 353 g/mol. The molecule has 0 radical (unpaired) electrons. The van der Waals surface area contributed by atoms with Crippen molar-refractivity contribution in [2.75, 3.05) is 12.3 Å². The fourth-order valence-electron chi connectivity index (χ4n) is 1.63. The zero-order chi connectivity index (χ0) is 16.9. The molecule has 0 fully saturated rings. The number of aromatic nitrogens is 1. The average molecular weight is 369 g/mol. The first-order valence-corrected chi connectivity index (χ1v) is 7.71. The number of nitrogens with zero attached hydrogens (tertiary/aromatic N) is 1. The number of rotatable bonds is 6. The highest BCUT2D eigenvalue weighted by molar-refractivity contribution is 6.46. The minimum absolute atomic E-state index is 0.0357. The average Bonchev–Trinajstić information content (AvgIpc) is 2.51. The number of nitrogen functional groups attached to an aromatic ring is 1. The Morgan fingerprint density at radius 1 is 1.23 bits per heavy atom. The molecule has 122 valence electrons. The van der Waals surface area contributed by atoms with Gasteiger partial charge in [0.2, 0.25) is 0 Å². The van der Waals surface area contributed by atoms with Crippen LogP contribution in [-0.2, 0) is 9.53 Å². The Bertz CT molecular complexity index is 577. The van der Waals surface area contributed by atoms with Crippen LogP contribution in [0.15, 0.2) is 0 Å². The summed E-state index contributed by atoms with van der Waals surface area (Å²) in [4.78, 5) is 27.3. The fraction of sp³-hybridized carbons (Fsp3) is 0.462. The smallest absolute Gasteiger partial charge is 0.359 e. The third-order valence-corrected chi connectivity index (χ3v) is 4.09. The lowest BCUT2D eigenvalue weighted by molar-refractivity contribution is -0.125. The molecular formula is C13H16Cl3N3O3. The van der Waals surface area contributed by atoms with Gasteiger partial charge in [0.25, 0.3) is 5.91 Å². The van der Waals surface area contributed by atoms with Gasteiger partial charge in [-0.2, -0.15) is 0 Å². The molecule has 0 aliphatic heterocycles. The highest BCUT2D eigenvalue weighted by Crippen LogP contribution is 2.34. The van der Waals surface area contributed by atoms with Crippen molar-refractivity contribution in [1.82, 2.24) is 10.3 Å². The summed E-state index contributed by atoms with van der Waals surface area (Å²) in [5.74, 6) is -1.32. The molecule has 1 heterocycles. The summed E-state index contributed by atoms with van der Waals surface area (Å²) in [6.07, 6.45) is 1.57. The quantitative estimate of drug-likeness (QED) is 0.594. The molecule has 3 N–H and O–H groups in total. The second-order valence-electron chi connectivity index (χ2n) is 4.45. The molecule has 0 aliphatic carbocycles. The lowest BCUT2D eigenvalue weighted by Crippen LogP contribution is -2.37. The van der Waals surface area contributed by atoms with E-state index in [1.165, 1.54) is 0 Å². The first kappa shape index (κ1) is 18.8. The number of halogens is 3. The van der Waals surface area contributed by atoms with Crippen molar-refractivity contribution < 1.29 is 14.3 Å². The van der Waals surface area contributed by atoms with E-state index in [-0.39, 0.29) is 32.6 Å². The Morgan fingerprint density at radius 3 is 2.36 bits per heavy atom. The zero-order valence-electron chi connectivity index (χ0n) is 12.1. The SMILES string of the molecule is CCC(CC)NC(=O)COC(=O)c1nc(Cl)c(Cl)c(N)c1Cl. The zero-order valence-corrected chi connectivity index (χ0v) is 14.3. The van der Waals surface area contributed by atoms with E-state index in [0.29, 0.717) is 0 Å². The molecule has 6 nitrogen and oxygen atoms in total. The van der Waals surface area contributed by atoms with E-state index in [4.69, 9.17) is 45.3 Å². The normalized spacial score (nSPS) is 10.6. The fourth-order valence-corrected chi connectivity index (χ4v) is 2.21. The standard InChI is InChI=1S/C13H16Cl3N3O3/c1-3-6(4-2)18-7(20)5-22-13(21)11-8(14)10(17)9(15)12(16)19-11/h6H,3-5H2,1-2H3,(H2,17,19)(H,18,20). The van der Waals surface area contributed by atoms with Crippen molar-refractivity contribution in [1.29, 1.82) is 0 Å². The second-order valence-corrected chi connectivity index (χ2v) is 5.56. The van der Waals surface area contributed by atoms with Crippen molar-refractivity contribution in [3.63, 3.8) is 0 Å². The van der Waals surface area contributed by atoms with Crippen molar-refractivity contribution in [2.45, 2.75) is 32.7 Å². The van der Waals surface area contributed by atoms with Gasteiger partial charge in [0.05, 0.1) is 10.7 Å². The van der Waals surface area contributed by atoms with Crippen LogP contribution in [0.2, 0.25) is 15.2 Å². The van der Waals surface area contributed by atoms with Crippen LogP contribution in [0.5, 0.6) is 0 Å². The summed E-state index contributed by atoms with van der Waals surface area (Å²) in [6, 6.07) is 0.0357. The van der Waals surface area contributed by atoms with E-state index < -0.39 is 18.5 Å². The van der Waals surface area contributed by atoms with Crippen molar-refractivity contribution in [3.8, 4) is 0 Å². The predicted molar refractivity (Wildman–Crippen MR) is 86.5 cm³/mol. The van der Waals surface area contributed by atoms with Crippen LogP contribution >= 0.6 is 34.8 Å². The second kappa shape index (κ2) is 8.41. The molecule has 1 aromatic rings. The highest BCUT2D eigenvalue weighted by Gasteiger charge is 2.21. The van der Waals surface area contributed by atoms with Crippen LogP contribution in [0.4, 0.5) is 5.69 Å². The molecule has 0 spiro atoms. The van der Waals surface area contributed by atoms with E-state index in [1.54, 1.807) is 0 Å². The molecule has 9 heteroatoms. The highest BCUT2D eigenvalue weighted by atomic mass is 35.5. The van der Waals surface area contributed by atoms with Gasteiger partial charge in [0.15, 0.2) is 17.5 Å². The van der Waals surface area contributed by atoms with E-state index >= 15 is 0 Å². The largest absolute Gasteiger partial charge is 0.451 e. The number of anilines is 1. The monoisotopic (exact) mass is 367 g/mol. The number of carbonyl (C=O) groups excluding carboxylic acids is 2. The number of carbonyl (C=O) groups is 2. The van der Waals surface area contributed by atoms with Gasteiger partial charge in [-0.25, -0.2) is 9.78 Å². The topological polar surface area (TPSA) is 94.3 Å². The van der Waals surface area contributed by atoms with E-state index in [1.807, 2.05) is 13.8 Å². The summed E-state index contributed by atoms with van der Waals surface area (Å²) in [6.45, 7) is 3.44. The summed E-state index contributed by atoms with van der Waals surface area (Å²) < 4.78 is 4.86. The van der Waals surface area contributed by atoms with Gasteiger partial charge in [0, 0.05) is 6.04 Å². The Kier molecular flexibility index (Phi) is 7.19. The minimum atomic E-state index is -0.907. The molecule has 22 heavy (non-hydrogen) atoms. The maximum Gasteiger partial charge on any atom is 0.359 e. The van der Waals surface area contributed by atoms with Gasteiger partial charge in [-0.15, -0.1) is 0 Å². The number of amides is 1. The van der Waals surface area contributed by atoms with Crippen LogP contribution in [0, 0.1) is 0 Å². The van der Waals surface area contributed by atoms with Crippen LogP contribution < -0.4 is 11.1 Å². The molecule has 0 aromatic carbocycles. The van der Waals surface area contributed by atoms with Gasteiger partial charge >= 0.3 is 5.97 Å².